The monoisotopic (exact) mass is 170 g/mol. The average molecular weight is 170 g/mol. The van der Waals surface area contributed by atoms with E-state index in [2.05, 4.69) is 5.32 Å². The van der Waals surface area contributed by atoms with Crippen molar-refractivity contribution >= 4 is 5.91 Å². The maximum Gasteiger partial charge on any atom is 0.223 e. The van der Waals surface area contributed by atoms with Crippen molar-refractivity contribution < 1.29 is 4.79 Å². The Morgan fingerprint density at radius 1 is 1.67 bits per heavy atom. The summed E-state index contributed by atoms with van der Waals surface area (Å²) in [7, 11) is 1.92. The molecule has 12 heavy (non-hydrogen) atoms. The molecular weight excluding hydrogens is 152 g/mol. The summed E-state index contributed by atoms with van der Waals surface area (Å²) in [4.78, 5) is 13.5. The number of carbonyl (C=O) groups is 1. The summed E-state index contributed by atoms with van der Waals surface area (Å²) in [5.41, 5.74) is 0. The summed E-state index contributed by atoms with van der Waals surface area (Å²) in [6.07, 6.45) is 4.18. The van der Waals surface area contributed by atoms with E-state index < -0.39 is 0 Å². The van der Waals surface area contributed by atoms with Gasteiger partial charge in [-0.25, -0.2) is 0 Å². The number of likely N-dealkylation sites (tertiary alicyclic amines) is 1. The van der Waals surface area contributed by atoms with Crippen LogP contribution in [0.1, 0.15) is 32.6 Å². The molecule has 1 heterocycles. The van der Waals surface area contributed by atoms with Crippen molar-refractivity contribution in [2.24, 2.45) is 0 Å². The first-order valence-electron chi connectivity index (χ1n) is 4.76. The van der Waals surface area contributed by atoms with Gasteiger partial charge in [0.25, 0.3) is 0 Å². The first-order chi connectivity index (χ1) is 5.79. The molecule has 0 aromatic rings. The molecule has 0 aromatic carbocycles. The van der Waals surface area contributed by atoms with Gasteiger partial charge >= 0.3 is 0 Å². The lowest BCUT2D eigenvalue weighted by Crippen LogP contribution is -2.42. The van der Waals surface area contributed by atoms with E-state index in [1.807, 2.05) is 18.9 Å². The SMILES string of the molecule is CCCC(=O)N1CCCC1NC. The normalized spacial score (nSPS) is 23.2. The largest absolute Gasteiger partial charge is 0.327 e. The van der Waals surface area contributed by atoms with E-state index in [0.717, 1.165) is 25.8 Å². The lowest BCUT2D eigenvalue weighted by atomic mass is 10.3. The van der Waals surface area contributed by atoms with Crippen molar-refractivity contribution in [1.82, 2.24) is 10.2 Å². The van der Waals surface area contributed by atoms with Crippen LogP contribution in [-0.4, -0.2) is 30.6 Å². The van der Waals surface area contributed by atoms with Crippen molar-refractivity contribution in [2.45, 2.75) is 38.8 Å². The molecule has 0 spiro atoms. The molecule has 0 radical (unpaired) electrons. The Morgan fingerprint density at radius 2 is 2.42 bits per heavy atom. The first-order valence-corrected chi connectivity index (χ1v) is 4.76. The number of amides is 1. The fraction of sp³-hybridized carbons (Fsp3) is 0.889. The van der Waals surface area contributed by atoms with Gasteiger partial charge < -0.3 is 10.2 Å². The van der Waals surface area contributed by atoms with E-state index in [0.29, 0.717) is 18.5 Å². The lowest BCUT2D eigenvalue weighted by Gasteiger charge is -2.23. The highest BCUT2D eigenvalue weighted by Crippen LogP contribution is 2.15. The van der Waals surface area contributed by atoms with E-state index in [9.17, 15) is 4.79 Å². The highest BCUT2D eigenvalue weighted by atomic mass is 16.2. The van der Waals surface area contributed by atoms with Crippen LogP contribution in [0.5, 0.6) is 0 Å². The Morgan fingerprint density at radius 3 is 3.00 bits per heavy atom. The second-order valence-corrected chi connectivity index (χ2v) is 3.28. The summed E-state index contributed by atoms with van der Waals surface area (Å²) in [6, 6.07) is 0. The molecule has 1 N–H and O–H groups in total. The predicted octanol–water partition coefficient (Wildman–Crippen LogP) is 0.954. The fourth-order valence-electron chi connectivity index (χ4n) is 1.72. The number of nitrogens with zero attached hydrogens (tertiary/aromatic N) is 1. The summed E-state index contributed by atoms with van der Waals surface area (Å²) in [6.45, 7) is 2.98. The molecule has 3 nitrogen and oxygen atoms in total. The zero-order valence-corrected chi connectivity index (χ0v) is 7.97. The maximum atomic E-state index is 11.5. The highest BCUT2D eigenvalue weighted by molar-refractivity contribution is 5.76. The van der Waals surface area contributed by atoms with Crippen molar-refractivity contribution in [1.29, 1.82) is 0 Å². The quantitative estimate of drug-likeness (QED) is 0.684. The van der Waals surface area contributed by atoms with Gasteiger partial charge in [0.15, 0.2) is 0 Å². The van der Waals surface area contributed by atoms with Gasteiger partial charge in [0.2, 0.25) is 5.91 Å². The number of rotatable bonds is 3. The highest BCUT2D eigenvalue weighted by Gasteiger charge is 2.26. The maximum absolute atomic E-state index is 11.5. The van der Waals surface area contributed by atoms with Crippen LogP contribution in [0.2, 0.25) is 0 Å². The van der Waals surface area contributed by atoms with Crippen molar-refractivity contribution in [3.8, 4) is 0 Å². The van der Waals surface area contributed by atoms with Gasteiger partial charge in [-0.3, -0.25) is 4.79 Å². The summed E-state index contributed by atoms with van der Waals surface area (Å²) in [5.74, 6) is 0.300. The molecule has 1 rings (SSSR count). The Kier molecular flexibility index (Phi) is 3.53. The fourth-order valence-corrected chi connectivity index (χ4v) is 1.72. The van der Waals surface area contributed by atoms with Gasteiger partial charge in [0, 0.05) is 13.0 Å². The molecule has 1 saturated heterocycles. The van der Waals surface area contributed by atoms with Crippen LogP contribution in [0.25, 0.3) is 0 Å². The molecule has 1 unspecified atom stereocenters. The van der Waals surface area contributed by atoms with Crippen LogP contribution in [-0.2, 0) is 4.79 Å². The van der Waals surface area contributed by atoms with E-state index in [-0.39, 0.29) is 0 Å². The molecule has 0 aliphatic carbocycles. The van der Waals surface area contributed by atoms with Crippen LogP contribution in [0, 0.1) is 0 Å². The minimum absolute atomic E-state index is 0.295. The topological polar surface area (TPSA) is 32.3 Å². The summed E-state index contributed by atoms with van der Waals surface area (Å²) >= 11 is 0. The molecule has 3 heteroatoms. The molecular formula is C9H18N2O. The Labute approximate surface area is 74.1 Å². The summed E-state index contributed by atoms with van der Waals surface area (Å²) < 4.78 is 0. The predicted molar refractivity (Wildman–Crippen MR) is 48.7 cm³/mol. The second kappa shape index (κ2) is 4.45. The van der Waals surface area contributed by atoms with Crippen LogP contribution in [0.15, 0.2) is 0 Å². The Bertz CT molecular complexity index is 159. The average Bonchev–Trinajstić information content (AvgIpc) is 2.51. The van der Waals surface area contributed by atoms with Crippen molar-refractivity contribution in [2.75, 3.05) is 13.6 Å². The van der Waals surface area contributed by atoms with Gasteiger partial charge in [-0.1, -0.05) is 6.92 Å². The molecule has 1 aliphatic heterocycles. The standard InChI is InChI=1S/C9H18N2O/c1-3-5-9(12)11-7-4-6-8(11)10-2/h8,10H,3-7H2,1-2H3. The van der Waals surface area contributed by atoms with Crippen LogP contribution < -0.4 is 5.32 Å². The minimum Gasteiger partial charge on any atom is -0.327 e. The third kappa shape index (κ3) is 1.97. The third-order valence-corrected chi connectivity index (χ3v) is 2.37. The molecule has 1 aliphatic rings. The Balaban J connectivity index is 2.43. The van der Waals surface area contributed by atoms with Crippen molar-refractivity contribution in [3.05, 3.63) is 0 Å². The number of carbonyl (C=O) groups excluding carboxylic acids is 1. The zero-order chi connectivity index (χ0) is 8.97. The molecule has 1 fully saturated rings. The molecule has 0 saturated carbocycles. The minimum atomic E-state index is 0.295. The van der Waals surface area contributed by atoms with Crippen LogP contribution in [0.3, 0.4) is 0 Å². The first kappa shape index (κ1) is 9.52. The number of hydrogen-bond donors (Lipinski definition) is 1. The van der Waals surface area contributed by atoms with Gasteiger partial charge in [0.1, 0.15) is 0 Å². The van der Waals surface area contributed by atoms with Gasteiger partial charge in [-0.15, -0.1) is 0 Å². The second-order valence-electron chi connectivity index (χ2n) is 3.28. The van der Waals surface area contributed by atoms with E-state index in [1.165, 1.54) is 0 Å². The summed E-state index contributed by atoms with van der Waals surface area (Å²) in [5, 5.41) is 3.16. The van der Waals surface area contributed by atoms with E-state index >= 15 is 0 Å². The van der Waals surface area contributed by atoms with Gasteiger partial charge in [-0.2, -0.15) is 0 Å². The smallest absolute Gasteiger partial charge is 0.223 e. The lowest BCUT2D eigenvalue weighted by molar-refractivity contribution is -0.132. The van der Waals surface area contributed by atoms with Crippen LogP contribution in [0.4, 0.5) is 0 Å². The van der Waals surface area contributed by atoms with E-state index in [4.69, 9.17) is 0 Å². The molecule has 0 aromatic heterocycles. The van der Waals surface area contributed by atoms with E-state index in [1.54, 1.807) is 0 Å². The molecule has 70 valence electrons. The molecule has 1 amide bonds. The van der Waals surface area contributed by atoms with Crippen LogP contribution >= 0.6 is 0 Å². The molecule has 0 bridgehead atoms. The zero-order valence-electron chi connectivity index (χ0n) is 7.97. The number of hydrogen-bond acceptors (Lipinski definition) is 2. The van der Waals surface area contributed by atoms with Gasteiger partial charge in [-0.05, 0) is 26.3 Å². The third-order valence-electron chi connectivity index (χ3n) is 2.37. The number of nitrogens with one attached hydrogen (secondary N) is 1. The Hall–Kier alpha value is -0.570. The van der Waals surface area contributed by atoms with Crippen molar-refractivity contribution in [3.63, 3.8) is 0 Å². The molecule has 1 atom stereocenters. The van der Waals surface area contributed by atoms with Gasteiger partial charge in [0.05, 0.1) is 6.17 Å².